The van der Waals surface area contributed by atoms with Gasteiger partial charge in [-0.1, -0.05) is 6.58 Å². The van der Waals surface area contributed by atoms with Gasteiger partial charge in [-0.25, -0.2) is 9.59 Å². The van der Waals surface area contributed by atoms with Crippen LogP contribution in [0.15, 0.2) is 12.2 Å². The Kier molecular flexibility index (Phi) is 4.17. The zero-order valence-corrected chi connectivity index (χ0v) is 6.61. The fourth-order valence-corrected chi connectivity index (χ4v) is 0.321. The van der Waals surface area contributed by atoms with Crippen LogP contribution in [-0.4, -0.2) is 34.9 Å². The third kappa shape index (κ3) is 3.27. The van der Waals surface area contributed by atoms with Crippen LogP contribution in [0, 0.1) is 0 Å². The summed E-state index contributed by atoms with van der Waals surface area (Å²) in [6, 6.07) is 0. The van der Waals surface area contributed by atoms with Crippen molar-refractivity contribution in [1.82, 2.24) is 0 Å². The van der Waals surface area contributed by atoms with Crippen LogP contribution in [0.1, 0.15) is 6.92 Å². The van der Waals surface area contributed by atoms with E-state index in [1.54, 1.807) is 0 Å². The average Bonchev–Trinajstić information content (AvgIpc) is 2.02. The summed E-state index contributed by atoms with van der Waals surface area (Å²) in [5, 5.41) is 16.9. The van der Waals surface area contributed by atoms with Crippen LogP contribution in [0.3, 0.4) is 0 Å². The molecule has 0 unspecified atom stereocenters. The van der Waals surface area contributed by atoms with E-state index >= 15 is 0 Å². The SMILES string of the molecule is C=C(C)C(=O)OC(=O)[C@@H](O)CO. The number of hydrogen-bond donors (Lipinski definition) is 2. The minimum atomic E-state index is -1.67. The molecule has 0 heterocycles. The topological polar surface area (TPSA) is 83.8 Å². The van der Waals surface area contributed by atoms with Gasteiger partial charge in [0.15, 0.2) is 6.10 Å². The van der Waals surface area contributed by atoms with Crippen molar-refractivity contribution in [1.29, 1.82) is 0 Å². The quantitative estimate of drug-likeness (QED) is 0.325. The molecule has 0 saturated heterocycles. The van der Waals surface area contributed by atoms with Crippen molar-refractivity contribution < 1.29 is 24.5 Å². The van der Waals surface area contributed by atoms with Crippen molar-refractivity contribution in [3.8, 4) is 0 Å². The first-order valence-electron chi connectivity index (χ1n) is 3.19. The van der Waals surface area contributed by atoms with Crippen LogP contribution in [-0.2, 0) is 14.3 Å². The lowest BCUT2D eigenvalue weighted by Crippen LogP contribution is -2.28. The molecule has 0 radical (unpaired) electrons. The molecule has 5 heteroatoms. The van der Waals surface area contributed by atoms with Crippen LogP contribution in [0.25, 0.3) is 0 Å². The second kappa shape index (κ2) is 4.63. The van der Waals surface area contributed by atoms with Crippen molar-refractivity contribution in [3.63, 3.8) is 0 Å². The largest absolute Gasteiger partial charge is 0.393 e. The van der Waals surface area contributed by atoms with E-state index in [2.05, 4.69) is 11.3 Å². The van der Waals surface area contributed by atoms with Gasteiger partial charge < -0.3 is 14.9 Å². The van der Waals surface area contributed by atoms with Crippen molar-refractivity contribution in [2.75, 3.05) is 6.61 Å². The van der Waals surface area contributed by atoms with Gasteiger partial charge in [0, 0.05) is 5.57 Å². The van der Waals surface area contributed by atoms with Gasteiger partial charge in [0.25, 0.3) is 0 Å². The molecule has 68 valence electrons. The molecular formula is C7H10O5. The van der Waals surface area contributed by atoms with Crippen LogP contribution in [0.4, 0.5) is 0 Å². The molecule has 12 heavy (non-hydrogen) atoms. The second-order valence-electron chi connectivity index (χ2n) is 2.19. The Labute approximate surface area is 69.3 Å². The van der Waals surface area contributed by atoms with Crippen molar-refractivity contribution in [3.05, 3.63) is 12.2 Å². The van der Waals surface area contributed by atoms with Gasteiger partial charge in [-0.15, -0.1) is 0 Å². The van der Waals surface area contributed by atoms with Gasteiger partial charge in [-0.2, -0.15) is 0 Å². The third-order valence-corrected chi connectivity index (χ3v) is 0.987. The standard InChI is InChI=1S/C7H10O5/c1-4(2)6(10)12-7(11)5(9)3-8/h5,8-9H,1,3H2,2H3/t5-/m0/s1. The summed E-state index contributed by atoms with van der Waals surface area (Å²) in [5.41, 5.74) is 0.0495. The summed E-state index contributed by atoms with van der Waals surface area (Å²) in [5.74, 6) is -2.09. The summed E-state index contributed by atoms with van der Waals surface area (Å²) in [7, 11) is 0. The van der Waals surface area contributed by atoms with Gasteiger partial charge in [0.05, 0.1) is 6.61 Å². The molecule has 0 fully saturated rings. The highest BCUT2D eigenvalue weighted by atomic mass is 16.6. The van der Waals surface area contributed by atoms with Gasteiger partial charge >= 0.3 is 11.9 Å². The zero-order chi connectivity index (χ0) is 9.72. The number of hydrogen-bond acceptors (Lipinski definition) is 5. The molecule has 0 aliphatic rings. The number of aliphatic hydroxyl groups is 2. The Morgan fingerprint density at radius 2 is 2.08 bits per heavy atom. The monoisotopic (exact) mass is 174 g/mol. The van der Waals surface area contributed by atoms with E-state index in [9.17, 15) is 9.59 Å². The molecule has 0 spiro atoms. The summed E-state index contributed by atoms with van der Waals surface area (Å²) >= 11 is 0. The second-order valence-corrected chi connectivity index (χ2v) is 2.19. The van der Waals surface area contributed by atoms with Crippen LogP contribution < -0.4 is 0 Å². The first-order valence-corrected chi connectivity index (χ1v) is 3.19. The maximum atomic E-state index is 10.6. The van der Waals surface area contributed by atoms with E-state index in [-0.39, 0.29) is 5.57 Å². The highest BCUT2D eigenvalue weighted by molar-refractivity contribution is 5.96. The van der Waals surface area contributed by atoms with Crippen LogP contribution in [0.2, 0.25) is 0 Å². The molecule has 0 bridgehead atoms. The number of ether oxygens (including phenoxy) is 1. The van der Waals surface area contributed by atoms with E-state index in [1.165, 1.54) is 6.92 Å². The highest BCUT2D eigenvalue weighted by Gasteiger charge is 2.19. The van der Waals surface area contributed by atoms with Gasteiger partial charge in [-0.05, 0) is 6.92 Å². The molecule has 5 nitrogen and oxygen atoms in total. The van der Waals surface area contributed by atoms with Crippen LogP contribution in [0.5, 0.6) is 0 Å². The Hall–Kier alpha value is -1.20. The van der Waals surface area contributed by atoms with Gasteiger partial charge in [-0.3, -0.25) is 0 Å². The van der Waals surface area contributed by atoms with E-state index in [4.69, 9.17) is 10.2 Å². The predicted octanol–water partition coefficient (Wildman–Crippen LogP) is -1.01. The van der Waals surface area contributed by atoms with Gasteiger partial charge in [0.1, 0.15) is 0 Å². The first-order chi connectivity index (χ1) is 5.49. The number of esters is 2. The number of rotatable bonds is 3. The molecular weight excluding hydrogens is 164 g/mol. The molecule has 1 atom stereocenters. The van der Waals surface area contributed by atoms with Crippen molar-refractivity contribution >= 4 is 11.9 Å². The number of carbonyl (C=O) groups excluding carboxylic acids is 2. The molecule has 0 rings (SSSR count). The molecule has 0 amide bonds. The lowest BCUT2D eigenvalue weighted by atomic mass is 10.3. The van der Waals surface area contributed by atoms with E-state index in [0.29, 0.717) is 0 Å². The molecule has 0 aromatic heterocycles. The summed E-state index contributed by atoms with van der Waals surface area (Å²) in [6.07, 6.45) is -1.67. The Morgan fingerprint density at radius 3 is 2.42 bits per heavy atom. The summed E-state index contributed by atoms with van der Waals surface area (Å²) in [4.78, 5) is 21.2. The van der Waals surface area contributed by atoms with E-state index in [1.807, 2.05) is 0 Å². The van der Waals surface area contributed by atoms with Crippen molar-refractivity contribution in [2.45, 2.75) is 13.0 Å². The zero-order valence-electron chi connectivity index (χ0n) is 6.61. The molecule has 0 aliphatic carbocycles. The lowest BCUT2D eigenvalue weighted by molar-refractivity contribution is -0.164. The highest BCUT2D eigenvalue weighted by Crippen LogP contribution is 1.95. The Bertz CT molecular complexity index is 208. The minimum absolute atomic E-state index is 0.0495. The normalized spacial score (nSPS) is 11.9. The fourth-order valence-electron chi connectivity index (χ4n) is 0.321. The first kappa shape index (κ1) is 10.8. The number of aliphatic hydroxyl groups excluding tert-OH is 2. The maximum Gasteiger partial charge on any atom is 0.345 e. The minimum Gasteiger partial charge on any atom is -0.393 e. The fraction of sp³-hybridized carbons (Fsp3) is 0.429. The predicted molar refractivity (Wildman–Crippen MR) is 39.0 cm³/mol. The Morgan fingerprint density at radius 1 is 1.58 bits per heavy atom. The van der Waals surface area contributed by atoms with E-state index < -0.39 is 24.6 Å². The number of carbonyl (C=O) groups is 2. The van der Waals surface area contributed by atoms with Crippen LogP contribution >= 0.6 is 0 Å². The summed E-state index contributed by atoms with van der Waals surface area (Å²) in [6.45, 7) is 3.81. The third-order valence-electron chi connectivity index (χ3n) is 0.987. The molecule has 0 saturated carbocycles. The molecule has 0 aromatic rings. The Balaban J connectivity index is 4.01. The van der Waals surface area contributed by atoms with Gasteiger partial charge in [0.2, 0.25) is 0 Å². The molecule has 0 aliphatic heterocycles. The van der Waals surface area contributed by atoms with E-state index in [0.717, 1.165) is 0 Å². The maximum absolute atomic E-state index is 10.6. The smallest absolute Gasteiger partial charge is 0.345 e. The molecule has 0 aromatic carbocycles. The molecule has 2 N–H and O–H groups in total. The average molecular weight is 174 g/mol. The lowest BCUT2D eigenvalue weighted by Gasteiger charge is -2.05. The van der Waals surface area contributed by atoms with Crippen molar-refractivity contribution in [2.24, 2.45) is 0 Å². The summed E-state index contributed by atoms with van der Waals surface area (Å²) < 4.78 is 4.08.